The van der Waals surface area contributed by atoms with Crippen LogP contribution in [0.15, 0.2) is 28.9 Å². The van der Waals surface area contributed by atoms with Crippen LogP contribution in [0.4, 0.5) is 10.2 Å². The van der Waals surface area contributed by atoms with Gasteiger partial charge in [-0.1, -0.05) is 15.9 Å². The molecule has 1 atom stereocenters. The van der Waals surface area contributed by atoms with Gasteiger partial charge in [-0.2, -0.15) is 5.10 Å². The highest BCUT2D eigenvalue weighted by molar-refractivity contribution is 9.10. The number of anilines is 1. The smallest absolute Gasteiger partial charge is 0.129 e. The Labute approximate surface area is 106 Å². The Kier molecular flexibility index (Phi) is 3.17. The van der Waals surface area contributed by atoms with Crippen molar-refractivity contribution >= 4 is 21.7 Å². The van der Waals surface area contributed by atoms with E-state index < -0.39 is 11.9 Å². The van der Waals surface area contributed by atoms with Gasteiger partial charge in [-0.3, -0.25) is 4.68 Å². The first-order chi connectivity index (χ1) is 8.00. The van der Waals surface area contributed by atoms with E-state index in [0.717, 1.165) is 0 Å². The molecule has 1 aromatic carbocycles. The van der Waals surface area contributed by atoms with Gasteiger partial charge in [0.2, 0.25) is 0 Å². The largest absolute Gasteiger partial charge is 0.384 e. The van der Waals surface area contributed by atoms with Crippen LogP contribution >= 0.6 is 15.9 Å². The Morgan fingerprint density at radius 2 is 2.18 bits per heavy atom. The number of aromatic nitrogens is 2. The molecule has 4 nitrogen and oxygen atoms in total. The number of hydrogen-bond acceptors (Lipinski definition) is 3. The van der Waals surface area contributed by atoms with Gasteiger partial charge in [0.25, 0.3) is 0 Å². The summed E-state index contributed by atoms with van der Waals surface area (Å²) in [4.78, 5) is 0. The Bertz CT molecular complexity index is 556. The van der Waals surface area contributed by atoms with Crippen molar-refractivity contribution in [1.29, 1.82) is 0 Å². The zero-order chi connectivity index (χ0) is 12.6. The molecule has 0 amide bonds. The van der Waals surface area contributed by atoms with E-state index in [-0.39, 0.29) is 5.56 Å². The third-order valence-corrected chi connectivity index (χ3v) is 3.05. The number of rotatable bonds is 2. The van der Waals surface area contributed by atoms with Crippen molar-refractivity contribution in [2.24, 2.45) is 7.05 Å². The summed E-state index contributed by atoms with van der Waals surface area (Å²) in [5.41, 5.74) is 6.29. The van der Waals surface area contributed by atoms with Crippen molar-refractivity contribution in [3.05, 3.63) is 45.8 Å². The topological polar surface area (TPSA) is 64.1 Å². The Balaban J connectivity index is 2.47. The molecule has 90 valence electrons. The molecule has 0 aliphatic rings. The third kappa shape index (κ3) is 2.18. The minimum atomic E-state index is -1.12. The van der Waals surface area contributed by atoms with Crippen LogP contribution in [0.2, 0.25) is 0 Å². The predicted molar refractivity (Wildman–Crippen MR) is 65.8 cm³/mol. The summed E-state index contributed by atoms with van der Waals surface area (Å²) in [6.45, 7) is 0. The molecular weight excluding hydrogens is 289 g/mol. The van der Waals surface area contributed by atoms with Crippen molar-refractivity contribution in [1.82, 2.24) is 9.78 Å². The Morgan fingerprint density at radius 3 is 2.76 bits per heavy atom. The van der Waals surface area contributed by atoms with Crippen molar-refractivity contribution in [3.8, 4) is 0 Å². The normalized spacial score (nSPS) is 12.7. The van der Waals surface area contributed by atoms with Crippen LogP contribution in [0.3, 0.4) is 0 Å². The number of hydrogen-bond donors (Lipinski definition) is 2. The molecule has 0 aliphatic carbocycles. The van der Waals surface area contributed by atoms with Crippen LogP contribution in [0.5, 0.6) is 0 Å². The van der Waals surface area contributed by atoms with Crippen LogP contribution < -0.4 is 5.73 Å². The molecule has 6 heteroatoms. The molecule has 17 heavy (non-hydrogen) atoms. The van der Waals surface area contributed by atoms with Crippen molar-refractivity contribution in [2.75, 3.05) is 5.73 Å². The zero-order valence-corrected chi connectivity index (χ0v) is 10.6. The van der Waals surface area contributed by atoms with Crippen LogP contribution in [-0.4, -0.2) is 14.9 Å². The molecule has 0 spiro atoms. The summed E-state index contributed by atoms with van der Waals surface area (Å²) in [6.07, 6.45) is 0.307. The number of nitrogen functional groups attached to an aromatic ring is 1. The van der Waals surface area contributed by atoms with E-state index in [1.165, 1.54) is 23.0 Å². The second-order valence-corrected chi connectivity index (χ2v) is 4.59. The standard InChI is InChI=1S/C11H11BrFN3O/c1-16-11(14)8(5-15-16)10(17)7-4-6(12)2-3-9(7)13/h2-5,10,17H,14H2,1H3. The van der Waals surface area contributed by atoms with Gasteiger partial charge in [-0.15, -0.1) is 0 Å². The number of nitrogens with zero attached hydrogens (tertiary/aromatic N) is 2. The zero-order valence-electron chi connectivity index (χ0n) is 9.06. The molecule has 1 heterocycles. The lowest BCUT2D eigenvalue weighted by atomic mass is 10.0. The minimum absolute atomic E-state index is 0.166. The summed E-state index contributed by atoms with van der Waals surface area (Å²) in [5.74, 6) is -0.166. The Hall–Kier alpha value is -1.40. The summed E-state index contributed by atoms with van der Waals surface area (Å²) >= 11 is 3.23. The van der Waals surface area contributed by atoms with E-state index in [2.05, 4.69) is 21.0 Å². The van der Waals surface area contributed by atoms with E-state index in [0.29, 0.717) is 15.9 Å². The summed E-state index contributed by atoms with van der Waals surface area (Å²) in [6, 6.07) is 4.37. The molecule has 2 rings (SSSR count). The summed E-state index contributed by atoms with van der Waals surface area (Å²) in [5, 5.41) is 14.0. The maximum atomic E-state index is 13.6. The average Bonchev–Trinajstić information content (AvgIpc) is 2.62. The van der Waals surface area contributed by atoms with Gasteiger partial charge in [-0.05, 0) is 18.2 Å². The first kappa shape index (κ1) is 12.1. The van der Waals surface area contributed by atoms with E-state index >= 15 is 0 Å². The Morgan fingerprint density at radius 1 is 1.47 bits per heavy atom. The molecule has 2 aromatic rings. The molecule has 0 bridgehead atoms. The van der Waals surface area contributed by atoms with Crippen LogP contribution in [0, 0.1) is 5.82 Å². The van der Waals surface area contributed by atoms with E-state index in [1.807, 2.05) is 0 Å². The molecule has 0 saturated carbocycles. The second kappa shape index (κ2) is 4.46. The predicted octanol–water partition coefficient (Wildman–Crippen LogP) is 1.99. The first-order valence-electron chi connectivity index (χ1n) is 4.91. The number of aliphatic hydroxyl groups excluding tert-OH is 1. The van der Waals surface area contributed by atoms with Gasteiger partial charge in [-0.25, -0.2) is 4.39 Å². The molecule has 0 radical (unpaired) electrons. The molecule has 1 aromatic heterocycles. The number of benzene rings is 1. The molecule has 1 unspecified atom stereocenters. The number of aryl methyl sites for hydroxylation is 1. The third-order valence-electron chi connectivity index (χ3n) is 2.56. The average molecular weight is 300 g/mol. The highest BCUT2D eigenvalue weighted by Crippen LogP contribution is 2.29. The second-order valence-electron chi connectivity index (χ2n) is 3.68. The van der Waals surface area contributed by atoms with E-state index in [4.69, 9.17) is 5.73 Å². The highest BCUT2D eigenvalue weighted by Gasteiger charge is 2.20. The number of halogens is 2. The molecule has 3 N–H and O–H groups in total. The fraction of sp³-hybridized carbons (Fsp3) is 0.182. The SMILES string of the molecule is Cn1ncc(C(O)c2cc(Br)ccc2F)c1N. The minimum Gasteiger partial charge on any atom is -0.384 e. The maximum absolute atomic E-state index is 13.6. The lowest BCUT2D eigenvalue weighted by molar-refractivity contribution is 0.215. The van der Waals surface area contributed by atoms with E-state index in [9.17, 15) is 9.50 Å². The van der Waals surface area contributed by atoms with Crippen molar-refractivity contribution in [3.63, 3.8) is 0 Å². The highest BCUT2D eigenvalue weighted by atomic mass is 79.9. The molecular formula is C11H11BrFN3O. The van der Waals surface area contributed by atoms with Gasteiger partial charge in [0.15, 0.2) is 0 Å². The van der Waals surface area contributed by atoms with Gasteiger partial charge < -0.3 is 10.8 Å². The van der Waals surface area contributed by atoms with Gasteiger partial charge >= 0.3 is 0 Å². The molecule has 0 saturated heterocycles. The van der Waals surface area contributed by atoms with Crippen molar-refractivity contribution < 1.29 is 9.50 Å². The fourth-order valence-corrected chi connectivity index (χ4v) is 1.95. The van der Waals surface area contributed by atoms with Gasteiger partial charge in [0, 0.05) is 22.6 Å². The van der Waals surface area contributed by atoms with E-state index in [1.54, 1.807) is 13.1 Å². The lowest BCUT2D eigenvalue weighted by Gasteiger charge is -2.11. The summed E-state index contributed by atoms with van der Waals surface area (Å²) in [7, 11) is 1.66. The quantitative estimate of drug-likeness (QED) is 0.891. The maximum Gasteiger partial charge on any atom is 0.129 e. The molecule has 0 aliphatic heterocycles. The first-order valence-corrected chi connectivity index (χ1v) is 5.70. The monoisotopic (exact) mass is 299 g/mol. The number of aliphatic hydroxyl groups is 1. The van der Waals surface area contributed by atoms with Crippen LogP contribution in [0.1, 0.15) is 17.2 Å². The molecule has 0 fully saturated rings. The summed E-state index contributed by atoms with van der Waals surface area (Å²) < 4.78 is 15.7. The van der Waals surface area contributed by atoms with Gasteiger partial charge in [0.1, 0.15) is 17.7 Å². The number of nitrogens with two attached hydrogens (primary N) is 1. The lowest BCUT2D eigenvalue weighted by Crippen LogP contribution is -2.06. The van der Waals surface area contributed by atoms with Crippen molar-refractivity contribution in [2.45, 2.75) is 6.10 Å². The van der Waals surface area contributed by atoms with Crippen LogP contribution in [-0.2, 0) is 7.05 Å². The van der Waals surface area contributed by atoms with Gasteiger partial charge in [0.05, 0.1) is 6.20 Å². The van der Waals surface area contributed by atoms with Crippen LogP contribution in [0.25, 0.3) is 0 Å². The fourth-order valence-electron chi connectivity index (χ4n) is 1.57.